The Hall–Kier alpha value is -2.81. The highest BCUT2D eigenvalue weighted by Gasteiger charge is 2.22. The summed E-state index contributed by atoms with van der Waals surface area (Å²) in [5.74, 6) is 4.62. The Balaban J connectivity index is 0.000000200. The van der Waals surface area contributed by atoms with Crippen molar-refractivity contribution in [1.82, 2.24) is 10.3 Å². The molecule has 0 atom stereocenters. The molecule has 0 radical (unpaired) electrons. The van der Waals surface area contributed by atoms with Gasteiger partial charge in [0.05, 0.1) is 4.92 Å². The monoisotopic (exact) mass is 266 g/mol. The molecule has 1 aromatic carbocycles. The number of nitrogens with two attached hydrogens (primary N) is 1. The normalized spacial score (nSPS) is 13.4. The lowest BCUT2D eigenvalue weighted by Crippen LogP contribution is -2.34. The van der Waals surface area contributed by atoms with Gasteiger partial charge >= 0.3 is 6.03 Å². The molecule has 9 nitrogen and oxygen atoms in total. The number of benzene rings is 1. The van der Waals surface area contributed by atoms with E-state index >= 15 is 0 Å². The Kier molecular flexibility index (Phi) is 4.66. The first-order valence-electron chi connectivity index (χ1n) is 4.99. The highest BCUT2D eigenvalue weighted by Crippen LogP contribution is 2.09. The molecule has 3 amide bonds. The Morgan fingerprint density at radius 3 is 2.16 bits per heavy atom. The predicted octanol–water partition coefficient (Wildman–Crippen LogP) is -0.181. The number of carbonyl (C=O) groups is 3. The maximum Gasteiger partial charge on any atom is 0.338 e. The van der Waals surface area contributed by atoms with Crippen LogP contribution in [0.15, 0.2) is 24.3 Å². The predicted molar refractivity (Wildman–Crippen MR) is 62.9 cm³/mol. The van der Waals surface area contributed by atoms with Crippen LogP contribution in [-0.2, 0) is 4.79 Å². The summed E-state index contributed by atoms with van der Waals surface area (Å²) < 4.78 is 0. The van der Waals surface area contributed by atoms with Crippen molar-refractivity contribution in [2.45, 2.75) is 0 Å². The molecule has 0 saturated carbocycles. The minimum atomic E-state index is -0.532. The van der Waals surface area contributed by atoms with Crippen molar-refractivity contribution in [3.05, 3.63) is 39.9 Å². The Morgan fingerprint density at radius 2 is 1.89 bits per heavy atom. The van der Waals surface area contributed by atoms with Crippen molar-refractivity contribution in [2.75, 3.05) is 6.54 Å². The zero-order valence-electron chi connectivity index (χ0n) is 9.61. The summed E-state index contributed by atoms with van der Waals surface area (Å²) in [6.45, 7) is -0.0289. The van der Waals surface area contributed by atoms with Crippen LogP contribution in [0.1, 0.15) is 10.4 Å². The van der Waals surface area contributed by atoms with E-state index in [0.717, 1.165) is 5.01 Å². The number of aldehydes is 1. The highest BCUT2D eigenvalue weighted by atomic mass is 16.6. The standard InChI is InChI=1S/C7H5NO3.C3H5N3O2/c9-5-6-1-3-7(4-2-6)8(10)11;4-6-1-2(7)5-3(6)8/h1-5H;1,4H2,(H,5,7,8). The van der Waals surface area contributed by atoms with Gasteiger partial charge in [-0.05, 0) is 12.1 Å². The molecule has 0 unspecified atom stereocenters. The molecule has 1 saturated heterocycles. The van der Waals surface area contributed by atoms with Crippen molar-refractivity contribution in [3.8, 4) is 0 Å². The zero-order chi connectivity index (χ0) is 14.4. The molecular formula is C10H10N4O5. The summed E-state index contributed by atoms with van der Waals surface area (Å²) in [7, 11) is 0. The van der Waals surface area contributed by atoms with Crippen LogP contribution in [-0.4, -0.2) is 34.7 Å². The van der Waals surface area contributed by atoms with Gasteiger partial charge in [0.1, 0.15) is 12.8 Å². The number of nitro benzene ring substituents is 1. The molecule has 1 fully saturated rings. The maximum absolute atomic E-state index is 10.3. The van der Waals surface area contributed by atoms with Crippen LogP contribution < -0.4 is 11.2 Å². The lowest BCUT2D eigenvalue weighted by molar-refractivity contribution is -0.384. The van der Waals surface area contributed by atoms with E-state index in [1.165, 1.54) is 24.3 Å². The van der Waals surface area contributed by atoms with Crippen LogP contribution in [0.3, 0.4) is 0 Å². The van der Waals surface area contributed by atoms with Gasteiger partial charge in [0.2, 0.25) is 5.91 Å². The van der Waals surface area contributed by atoms with Crippen LogP contribution >= 0.6 is 0 Å². The van der Waals surface area contributed by atoms with Gasteiger partial charge in [0.25, 0.3) is 5.69 Å². The third kappa shape index (κ3) is 4.16. The van der Waals surface area contributed by atoms with E-state index in [1.807, 2.05) is 5.32 Å². The third-order valence-corrected chi connectivity index (χ3v) is 2.06. The fourth-order valence-corrected chi connectivity index (χ4v) is 1.13. The second kappa shape index (κ2) is 6.21. The van der Waals surface area contributed by atoms with E-state index in [1.54, 1.807) is 0 Å². The van der Waals surface area contributed by atoms with Crippen LogP contribution in [0, 0.1) is 10.1 Å². The van der Waals surface area contributed by atoms with Crippen molar-refractivity contribution >= 4 is 23.9 Å². The highest BCUT2D eigenvalue weighted by molar-refractivity contribution is 6.01. The number of nitrogens with zero attached hydrogens (tertiary/aromatic N) is 2. The second-order valence-corrected chi connectivity index (χ2v) is 3.45. The number of hydrogen-bond acceptors (Lipinski definition) is 6. The minimum absolute atomic E-state index is 0.00407. The average Bonchev–Trinajstić information content (AvgIpc) is 2.67. The fraction of sp³-hybridized carbons (Fsp3) is 0.100. The molecule has 0 aromatic heterocycles. The fourth-order valence-electron chi connectivity index (χ4n) is 1.13. The molecule has 19 heavy (non-hydrogen) atoms. The number of nitro groups is 1. The first-order valence-corrected chi connectivity index (χ1v) is 4.99. The molecule has 1 aliphatic rings. The van der Waals surface area contributed by atoms with Gasteiger partial charge in [-0.15, -0.1) is 0 Å². The van der Waals surface area contributed by atoms with Crippen molar-refractivity contribution in [1.29, 1.82) is 0 Å². The molecule has 1 aromatic rings. The van der Waals surface area contributed by atoms with Gasteiger partial charge in [-0.1, -0.05) is 0 Å². The number of urea groups is 1. The summed E-state index contributed by atoms with van der Waals surface area (Å²) in [5, 5.41) is 12.9. The first-order chi connectivity index (χ1) is 8.93. The van der Waals surface area contributed by atoms with Crippen LogP contribution in [0.2, 0.25) is 0 Å². The summed E-state index contributed by atoms with van der Waals surface area (Å²) in [5.41, 5.74) is 0.436. The van der Waals surface area contributed by atoms with E-state index in [2.05, 4.69) is 0 Å². The molecule has 100 valence electrons. The molecule has 0 aliphatic carbocycles. The molecule has 9 heteroatoms. The number of imide groups is 1. The van der Waals surface area contributed by atoms with E-state index in [9.17, 15) is 24.5 Å². The lowest BCUT2D eigenvalue weighted by atomic mass is 10.2. The number of hydrogen-bond donors (Lipinski definition) is 2. The SMILES string of the molecule is NN1CC(=O)NC1=O.O=Cc1ccc([N+](=O)[O-])cc1. The number of carbonyl (C=O) groups excluding carboxylic acids is 3. The maximum atomic E-state index is 10.3. The van der Waals surface area contributed by atoms with Crippen molar-refractivity contribution in [3.63, 3.8) is 0 Å². The number of rotatable bonds is 2. The third-order valence-electron chi connectivity index (χ3n) is 2.06. The first kappa shape index (κ1) is 14.3. The Bertz CT molecular complexity index is 513. The Labute approximate surface area is 107 Å². The lowest BCUT2D eigenvalue weighted by Gasteiger charge is -1.99. The minimum Gasteiger partial charge on any atom is -0.298 e. The van der Waals surface area contributed by atoms with Gasteiger partial charge in [-0.3, -0.25) is 30.0 Å². The van der Waals surface area contributed by atoms with Gasteiger partial charge < -0.3 is 0 Å². The summed E-state index contributed by atoms with van der Waals surface area (Å²) in [4.78, 5) is 40.2. The molecule has 2 rings (SSSR count). The molecule has 0 spiro atoms. The van der Waals surface area contributed by atoms with E-state index < -0.39 is 11.0 Å². The van der Waals surface area contributed by atoms with Crippen LogP contribution in [0.4, 0.5) is 10.5 Å². The number of amides is 3. The van der Waals surface area contributed by atoms with Crippen LogP contribution in [0.25, 0.3) is 0 Å². The molecule has 0 bridgehead atoms. The molecule has 3 N–H and O–H groups in total. The number of hydrazine groups is 1. The average molecular weight is 266 g/mol. The number of nitrogens with one attached hydrogen (secondary N) is 1. The molecule has 1 heterocycles. The Morgan fingerprint density at radius 1 is 1.32 bits per heavy atom. The van der Waals surface area contributed by atoms with Gasteiger partial charge in [0, 0.05) is 17.7 Å². The second-order valence-electron chi connectivity index (χ2n) is 3.45. The van der Waals surface area contributed by atoms with E-state index in [0.29, 0.717) is 11.8 Å². The van der Waals surface area contributed by atoms with Crippen LogP contribution in [0.5, 0.6) is 0 Å². The summed E-state index contributed by atoms with van der Waals surface area (Å²) in [6.07, 6.45) is 0.643. The van der Waals surface area contributed by atoms with Gasteiger partial charge in [-0.2, -0.15) is 0 Å². The molecule has 1 aliphatic heterocycles. The number of non-ortho nitro benzene ring substituents is 1. The summed E-state index contributed by atoms with van der Waals surface area (Å²) in [6, 6.07) is 4.87. The largest absolute Gasteiger partial charge is 0.338 e. The quantitative estimate of drug-likeness (QED) is 0.190. The summed E-state index contributed by atoms with van der Waals surface area (Å²) >= 11 is 0. The molecular weight excluding hydrogens is 256 g/mol. The van der Waals surface area contributed by atoms with Gasteiger partial charge in [-0.25, -0.2) is 10.6 Å². The zero-order valence-corrected chi connectivity index (χ0v) is 9.61. The topological polar surface area (TPSA) is 136 Å². The van der Waals surface area contributed by atoms with E-state index in [-0.39, 0.29) is 18.1 Å². The van der Waals surface area contributed by atoms with Crippen molar-refractivity contribution < 1.29 is 19.3 Å². The van der Waals surface area contributed by atoms with Gasteiger partial charge in [0.15, 0.2) is 0 Å². The van der Waals surface area contributed by atoms with E-state index in [4.69, 9.17) is 5.84 Å². The van der Waals surface area contributed by atoms with Crippen molar-refractivity contribution in [2.24, 2.45) is 5.84 Å². The smallest absolute Gasteiger partial charge is 0.298 e.